The first kappa shape index (κ1) is 8.46. The molecule has 0 aromatic heterocycles. The van der Waals surface area contributed by atoms with Gasteiger partial charge in [-0.1, -0.05) is 18.2 Å². The lowest BCUT2D eigenvalue weighted by Gasteiger charge is -1.98. The average Bonchev–Trinajstić information content (AvgIpc) is 2.05. The van der Waals surface area contributed by atoms with E-state index in [1.165, 1.54) is 0 Å². The van der Waals surface area contributed by atoms with Gasteiger partial charge >= 0.3 is 0 Å². The maximum atomic E-state index is 11.1. The molecule has 1 aromatic carbocycles. The molecule has 0 saturated heterocycles. The topological polar surface area (TPSA) is 46.2 Å². The van der Waals surface area contributed by atoms with Gasteiger partial charge in [0.25, 0.3) is 5.91 Å². The zero-order chi connectivity index (χ0) is 8.97. The molecule has 2 amide bonds. The van der Waals surface area contributed by atoms with Gasteiger partial charge in [0, 0.05) is 12.5 Å². The lowest BCUT2D eigenvalue weighted by molar-refractivity contribution is -0.115. The van der Waals surface area contributed by atoms with Crippen molar-refractivity contribution in [2.24, 2.45) is 0 Å². The fourth-order valence-electron chi connectivity index (χ4n) is 0.788. The predicted molar refractivity (Wildman–Crippen MR) is 44.3 cm³/mol. The van der Waals surface area contributed by atoms with Crippen LogP contribution in [0.3, 0.4) is 0 Å². The number of benzene rings is 1. The zero-order valence-electron chi connectivity index (χ0n) is 6.41. The van der Waals surface area contributed by atoms with E-state index in [-0.39, 0.29) is 0 Å². The molecule has 0 saturated carbocycles. The van der Waals surface area contributed by atoms with Crippen molar-refractivity contribution < 1.29 is 9.59 Å². The minimum atomic E-state index is -0.594. The first-order valence-electron chi connectivity index (χ1n) is 3.42. The van der Waals surface area contributed by atoms with Gasteiger partial charge in [-0.05, 0) is 12.1 Å². The van der Waals surface area contributed by atoms with Crippen LogP contribution in [-0.2, 0) is 4.79 Å². The van der Waals surface area contributed by atoms with E-state index in [1.807, 2.05) is 0 Å². The van der Waals surface area contributed by atoms with Gasteiger partial charge < -0.3 is 0 Å². The molecular weight excluding hydrogens is 154 g/mol. The second-order valence-electron chi connectivity index (χ2n) is 2.24. The van der Waals surface area contributed by atoms with Crippen molar-refractivity contribution >= 4 is 11.8 Å². The molecule has 3 nitrogen and oxygen atoms in total. The van der Waals surface area contributed by atoms with E-state index in [2.05, 4.69) is 12.2 Å². The minimum Gasteiger partial charge on any atom is -0.292 e. The van der Waals surface area contributed by atoms with Crippen molar-refractivity contribution in [3.8, 4) is 0 Å². The van der Waals surface area contributed by atoms with Crippen molar-refractivity contribution in [3.63, 3.8) is 0 Å². The molecule has 1 aromatic rings. The molecule has 1 rings (SSSR count). The van der Waals surface area contributed by atoms with Gasteiger partial charge in [0.05, 0.1) is 0 Å². The smallest absolute Gasteiger partial charge is 0.257 e. The molecule has 0 aliphatic rings. The van der Waals surface area contributed by atoms with E-state index in [9.17, 15) is 9.59 Å². The summed E-state index contributed by atoms with van der Waals surface area (Å²) in [4.78, 5) is 21.5. The Bertz CT molecular complexity index is 293. The Morgan fingerprint density at radius 2 is 1.75 bits per heavy atom. The highest BCUT2D eigenvalue weighted by atomic mass is 16.2. The van der Waals surface area contributed by atoms with E-state index in [1.54, 1.807) is 30.3 Å². The summed E-state index contributed by atoms with van der Waals surface area (Å²) in [5.74, 6) is -1.01. The van der Waals surface area contributed by atoms with Crippen molar-refractivity contribution in [1.29, 1.82) is 0 Å². The van der Waals surface area contributed by atoms with E-state index >= 15 is 0 Å². The number of carbonyl (C=O) groups is 2. The molecule has 1 radical (unpaired) electrons. The fourth-order valence-corrected chi connectivity index (χ4v) is 0.788. The molecule has 0 unspecified atom stereocenters. The number of imide groups is 1. The van der Waals surface area contributed by atoms with Crippen molar-refractivity contribution in [3.05, 3.63) is 42.8 Å². The monoisotopic (exact) mass is 162 g/mol. The molecule has 0 atom stereocenters. The van der Waals surface area contributed by atoms with Crippen LogP contribution < -0.4 is 5.32 Å². The van der Waals surface area contributed by atoms with Gasteiger partial charge in [0.2, 0.25) is 5.91 Å². The summed E-state index contributed by atoms with van der Waals surface area (Å²) < 4.78 is 0. The fraction of sp³-hybridized carbons (Fsp3) is 0. The van der Waals surface area contributed by atoms with Crippen LogP contribution in [0.25, 0.3) is 0 Å². The third-order valence-corrected chi connectivity index (χ3v) is 1.29. The average molecular weight is 162 g/mol. The first-order valence-corrected chi connectivity index (χ1v) is 3.42. The lowest BCUT2D eigenvalue weighted by Crippen LogP contribution is -2.27. The number of carbonyl (C=O) groups excluding carboxylic acids is 2. The second kappa shape index (κ2) is 3.67. The summed E-state index contributed by atoms with van der Waals surface area (Å²) in [5, 5.41) is 2.07. The molecule has 0 aliphatic heterocycles. The summed E-state index contributed by atoms with van der Waals surface area (Å²) in [5.41, 5.74) is 0.453. The van der Waals surface area contributed by atoms with Gasteiger partial charge in [-0.2, -0.15) is 0 Å². The van der Waals surface area contributed by atoms with Crippen LogP contribution in [0.4, 0.5) is 0 Å². The molecule has 0 bridgehead atoms. The summed E-state index contributed by atoms with van der Waals surface area (Å²) in [6.07, 6.45) is 0. The van der Waals surface area contributed by atoms with Crippen molar-refractivity contribution in [2.45, 2.75) is 0 Å². The zero-order valence-corrected chi connectivity index (χ0v) is 6.41. The molecule has 1 N–H and O–H groups in total. The van der Waals surface area contributed by atoms with Crippen molar-refractivity contribution in [1.82, 2.24) is 5.32 Å². The van der Waals surface area contributed by atoms with Crippen LogP contribution in [0, 0.1) is 6.92 Å². The van der Waals surface area contributed by atoms with Gasteiger partial charge in [-0.25, -0.2) is 0 Å². The normalized spacial score (nSPS) is 9.08. The number of nitrogens with one attached hydrogen (secondary N) is 1. The van der Waals surface area contributed by atoms with Crippen LogP contribution in [-0.4, -0.2) is 11.8 Å². The molecule has 0 fully saturated rings. The SMILES string of the molecule is [CH2]C(=O)NC(=O)c1ccccc1. The molecule has 3 heteroatoms. The standard InChI is InChI=1S/C9H8NO2/c1-7(11)10-9(12)8-5-3-2-4-6-8/h2-6H,1H2,(H,10,11,12). The third-order valence-electron chi connectivity index (χ3n) is 1.29. The molecule has 0 heterocycles. The van der Waals surface area contributed by atoms with E-state index in [0.29, 0.717) is 5.56 Å². The largest absolute Gasteiger partial charge is 0.292 e. The highest BCUT2D eigenvalue weighted by molar-refractivity contribution is 6.05. The van der Waals surface area contributed by atoms with Crippen LogP contribution in [0.1, 0.15) is 10.4 Å². The van der Waals surface area contributed by atoms with Crippen LogP contribution in [0.5, 0.6) is 0 Å². The maximum Gasteiger partial charge on any atom is 0.257 e. The number of hydrogen-bond donors (Lipinski definition) is 1. The summed E-state index contributed by atoms with van der Waals surface area (Å²) in [6, 6.07) is 8.49. The number of rotatable bonds is 1. The van der Waals surface area contributed by atoms with Gasteiger partial charge in [-0.15, -0.1) is 0 Å². The Morgan fingerprint density at radius 3 is 2.25 bits per heavy atom. The van der Waals surface area contributed by atoms with Crippen molar-refractivity contribution in [2.75, 3.05) is 0 Å². The molecule has 12 heavy (non-hydrogen) atoms. The second-order valence-corrected chi connectivity index (χ2v) is 2.24. The molecule has 0 aliphatic carbocycles. The number of hydrogen-bond acceptors (Lipinski definition) is 2. The Balaban J connectivity index is 2.73. The Morgan fingerprint density at radius 1 is 1.17 bits per heavy atom. The number of amides is 2. The van der Waals surface area contributed by atoms with Gasteiger partial charge in [0.15, 0.2) is 0 Å². The Kier molecular flexibility index (Phi) is 2.58. The Labute approximate surface area is 70.4 Å². The molecule has 0 spiro atoms. The highest BCUT2D eigenvalue weighted by Crippen LogP contribution is 1.96. The van der Waals surface area contributed by atoms with Gasteiger partial charge in [-0.3, -0.25) is 14.9 Å². The summed E-state index contributed by atoms with van der Waals surface area (Å²) >= 11 is 0. The maximum absolute atomic E-state index is 11.1. The molecule has 61 valence electrons. The Hall–Kier alpha value is -1.64. The quantitative estimate of drug-likeness (QED) is 0.663. The summed E-state index contributed by atoms with van der Waals surface area (Å²) in [7, 11) is 0. The van der Waals surface area contributed by atoms with Gasteiger partial charge in [0.1, 0.15) is 0 Å². The van der Waals surface area contributed by atoms with E-state index < -0.39 is 11.8 Å². The highest BCUT2D eigenvalue weighted by Gasteiger charge is 2.04. The summed E-state index contributed by atoms with van der Waals surface area (Å²) in [6.45, 7) is 3.03. The van der Waals surface area contributed by atoms with E-state index in [4.69, 9.17) is 0 Å². The predicted octanol–water partition coefficient (Wildman–Crippen LogP) is 0.777. The first-order chi connectivity index (χ1) is 5.70. The van der Waals surface area contributed by atoms with Crippen LogP contribution in [0.2, 0.25) is 0 Å². The lowest BCUT2D eigenvalue weighted by atomic mass is 10.2. The van der Waals surface area contributed by atoms with Crippen LogP contribution >= 0.6 is 0 Å². The molecular formula is C9H8NO2. The van der Waals surface area contributed by atoms with E-state index in [0.717, 1.165) is 0 Å². The third kappa shape index (κ3) is 2.20. The minimum absolute atomic E-state index is 0.421. The van der Waals surface area contributed by atoms with Crippen LogP contribution in [0.15, 0.2) is 30.3 Å².